The molecule has 1 N–H and O–H groups in total. The van der Waals surface area contributed by atoms with Gasteiger partial charge in [-0.2, -0.15) is 0 Å². The number of nitrogens with one attached hydrogen (secondary N) is 1. The third-order valence-corrected chi connectivity index (χ3v) is 2.43. The van der Waals surface area contributed by atoms with Gasteiger partial charge in [-0.15, -0.1) is 6.58 Å². The lowest BCUT2D eigenvalue weighted by Crippen LogP contribution is -2.35. The number of hydrogen-bond acceptors (Lipinski definition) is 2. The van der Waals surface area contributed by atoms with Crippen molar-refractivity contribution in [2.45, 2.75) is 39.3 Å². The molecule has 0 fully saturated rings. The second-order valence-electron chi connectivity index (χ2n) is 5.26. The summed E-state index contributed by atoms with van der Waals surface area (Å²) in [5.74, 6) is 0.0309. The molecule has 0 bridgehead atoms. The van der Waals surface area contributed by atoms with Gasteiger partial charge in [-0.05, 0) is 33.3 Å². The molecule has 3 heteroatoms. The lowest BCUT2D eigenvalue weighted by molar-refractivity contribution is 0.301. The summed E-state index contributed by atoms with van der Waals surface area (Å²) < 4.78 is 19.2. The summed E-state index contributed by atoms with van der Waals surface area (Å²) in [4.78, 5) is 0. The van der Waals surface area contributed by atoms with E-state index in [1.54, 1.807) is 12.1 Å². The third kappa shape index (κ3) is 4.88. The van der Waals surface area contributed by atoms with E-state index < -0.39 is 0 Å². The summed E-state index contributed by atoms with van der Waals surface area (Å²) in [6.45, 7) is 10.9. The van der Waals surface area contributed by atoms with Crippen LogP contribution in [0.2, 0.25) is 0 Å². The van der Waals surface area contributed by atoms with Crippen molar-refractivity contribution in [3.63, 3.8) is 0 Å². The molecule has 0 radical (unpaired) electrons. The van der Waals surface area contributed by atoms with E-state index in [4.69, 9.17) is 4.74 Å². The van der Waals surface area contributed by atoms with Gasteiger partial charge in [0.1, 0.15) is 0 Å². The summed E-state index contributed by atoms with van der Waals surface area (Å²) in [5.41, 5.74) is 0.832. The van der Waals surface area contributed by atoms with Crippen LogP contribution < -0.4 is 10.1 Å². The average Bonchev–Trinajstić information content (AvgIpc) is 2.28. The topological polar surface area (TPSA) is 21.3 Å². The van der Waals surface area contributed by atoms with Crippen LogP contribution in [0.5, 0.6) is 5.75 Å². The second-order valence-corrected chi connectivity index (χ2v) is 5.26. The Morgan fingerprint density at radius 3 is 2.72 bits per heavy atom. The van der Waals surface area contributed by atoms with Gasteiger partial charge < -0.3 is 10.1 Å². The summed E-state index contributed by atoms with van der Waals surface area (Å²) in [7, 11) is 0. The molecule has 18 heavy (non-hydrogen) atoms. The van der Waals surface area contributed by atoms with E-state index in [0.29, 0.717) is 25.3 Å². The van der Waals surface area contributed by atoms with Crippen molar-refractivity contribution < 1.29 is 9.13 Å². The molecule has 0 unspecified atom stereocenters. The van der Waals surface area contributed by atoms with Gasteiger partial charge in [0.15, 0.2) is 11.6 Å². The van der Waals surface area contributed by atoms with Crippen molar-refractivity contribution in [3.8, 4) is 5.75 Å². The minimum atomic E-state index is -0.313. The normalized spacial score (nSPS) is 11.3. The quantitative estimate of drug-likeness (QED) is 0.615. The van der Waals surface area contributed by atoms with Gasteiger partial charge in [0.2, 0.25) is 0 Å². The Bertz CT molecular complexity index is 396. The Kier molecular flexibility index (Phi) is 5.35. The molecule has 1 rings (SSSR count). The molecule has 0 heterocycles. The van der Waals surface area contributed by atoms with Gasteiger partial charge in [-0.3, -0.25) is 0 Å². The second kappa shape index (κ2) is 6.55. The van der Waals surface area contributed by atoms with E-state index in [9.17, 15) is 4.39 Å². The maximum absolute atomic E-state index is 13.7. The molecule has 1 aromatic rings. The molecule has 0 aliphatic rings. The first kappa shape index (κ1) is 14.7. The summed E-state index contributed by atoms with van der Waals surface area (Å²) in [6, 6.07) is 5.00. The van der Waals surface area contributed by atoms with Crippen LogP contribution in [0.15, 0.2) is 30.9 Å². The van der Waals surface area contributed by atoms with Gasteiger partial charge in [0, 0.05) is 17.6 Å². The van der Waals surface area contributed by atoms with Crippen LogP contribution in [0.4, 0.5) is 4.39 Å². The van der Waals surface area contributed by atoms with Crippen molar-refractivity contribution in [1.82, 2.24) is 5.32 Å². The van der Waals surface area contributed by atoms with Crippen LogP contribution in [0, 0.1) is 5.82 Å². The minimum absolute atomic E-state index is 0.00922. The molecule has 0 aliphatic heterocycles. The Morgan fingerprint density at radius 2 is 2.11 bits per heavy atom. The monoisotopic (exact) mass is 251 g/mol. The minimum Gasteiger partial charge on any atom is -0.490 e. The van der Waals surface area contributed by atoms with Crippen molar-refractivity contribution in [3.05, 3.63) is 42.2 Å². The van der Waals surface area contributed by atoms with E-state index in [1.807, 2.05) is 6.07 Å². The van der Waals surface area contributed by atoms with Crippen LogP contribution in [0.25, 0.3) is 0 Å². The zero-order chi connectivity index (χ0) is 13.6. The largest absolute Gasteiger partial charge is 0.490 e. The van der Waals surface area contributed by atoms with Crippen molar-refractivity contribution in [2.24, 2.45) is 0 Å². The van der Waals surface area contributed by atoms with Gasteiger partial charge >= 0.3 is 0 Å². The van der Waals surface area contributed by atoms with Crippen molar-refractivity contribution in [2.75, 3.05) is 6.61 Å². The Hall–Kier alpha value is -1.35. The molecule has 0 atom stereocenters. The molecule has 1 aromatic carbocycles. The Labute approximate surface area is 109 Å². The number of ether oxygens (including phenoxy) is 1. The molecule has 0 aliphatic carbocycles. The SMILES string of the molecule is C=CCCOc1c(F)cccc1CNC(C)(C)C. The van der Waals surface area contributed by atoms with Gasteiger partial charge in [0.25, 0.3) is 0 Å². The van der Waals surface area contributed by atoms with Crippen molar-refractivity contribution >= 4 is 0 Å². The molecule has 0 saturated carbocycles. The van der Waals surface area contributed by atoms with E-state index >= 15 is 0 Å². The number of rotatable bonds is 6. The summed E-state index contributed by atoms with van der Waals surface area (Å²) in [6.07, 6.45) is 2.47. The highest BCUT2D eigenvalue weighted by Crippen LogP contribution is 2.23. The van der Waals surface area contributed by atoms with Crippen molar-refractivity contribution in [1.29, 1.82) is 0 Å². The molecule has 0 saturated heterocycles. The highest BCUT2D eigenvalue weighted by atomic mass is 19.1. The fraction of sp³-hybridized carbons (Fsp3) is 0.467. The van der Waals surface area contributed by atoms with Crippen LogP contribution in [-0.4, -0.2) is 12.1 Å². The van der Waals surface area contributed by atoms with E-state index in [1.165, 1.54) is 6.07 Å². The van der Waals surface area contributed by atoms with Crippen LogP contribution in [0.1, 0.15) is 32.8 Å². The first-order valence-corrected chi connectivity index (χ1v) is 6.20. The van der Waals surface area contributed by atoms with Crippen LogP contribution in [0.3, 0.4) is 0 Å². The fourth-order valence-electron chi connectivity index (χ4n) is 1.46. The van der Waals surface area contributed by atoms with Crippen LogP contribution in [-0.2, 0) is 6.54 Å². The Balaban J connectivity index is 2.76. The molecular formula is C15H22FNO. The molecule has 0 amide bonds. The van der Waals surface area contributed by atoms with E-state index in [2.05, 4.69) is 32.7 Å². The molecule has 0 aromatic heterocycles. The first-order chi connectivity index (χ1) is 8.44. The number of para-hydroxylation sites is 1. The lowest BCUT2D eigenvalue weighted by Gasteiger charge is -2.21. The molecule has 2 nitrogen and oxygen atoms in total. The zero-order valence-electron chi connectivity index (χ0n) is 11.4. The third-order valence-electron chi connectivity index (χ3n) is 2.43. The standard InChI is InChI=1S/C15H22FNO/c1-5-6-10-18-14-12(8-7-9-13(14)16)11-17-15(2,3)4/h5,7-9,17H,1,6,10-11H2,2-4H3. The molecule has 100 valence electrons. The predicted molar refractivity (Wildman–Crippen MR) is 73.3 cm³/mol. The first-order valence-electron chi connectivity index (χ1n) is 6.20. The fourth-order valence-corrected chi connectivity index (χ4v) is 1.46. The van der Waals surface area contributed by atoms with E-state index in [0.717, 1.165) is 5.56 Å². The maximum atomic E-state index is 13.7. The smallest absolute Gasteiger partial charge is 0.165 e. The van der Waals surface area contributed by atoms with Gasteiger partial charge in [0.05, 0.1) is 6.61 Å². The average molecular weight is 251 g/mol. The highest BCUT2D eigenvalue weighted by Gasteiger charge is 2.13. The summed E-state index contributed by atoms with van der Waals surface area (Å²) >= 11 is 0. The maximum Gasteiger partial charge on any atom is 0.165 e. The van der Waals surface area contributed by atoms with E-state index in [-0.39, 0.29) is 11.4 Å². The van der Waals surface area contributed by atoms with Gasteiger partial charge in [-0.1, -0.05) is 18.2 Å². The zero-order valence-corrected chi connectivity index (χ0v) is 11.4. The summed E-state index contributed by atoms with van der Waals surface area (Å²) in [5, 5.41) is 3.33. The molecule has 0 spiro atoms. The number of halogens is 1. The predicted octanol–water partition coefficient (Wildman–Crippen LogP) is 3.67. The van der Waals surface area contributed by atoms with Gasteiger partial charge in [-0.25, -0.2) is 4.39 Å². The highest BCUT2D eigenvalue weighted by molar-refractivity contribution is 5.35. The number of benzene rings is 1. The van der Waals surface area contributed by atoms with Crippen LogP contribution >= 0.6 is 0 Å². The lowest BCUT2D eigenvalue weighted by atomic mass is 10.1. The molecular weight excluding hydrogens is 229 g/mol. The Morgan fingerprint density at radius 1 is 1.39 bits per heavy atom. The number of hydrogen-bond donors (Lipinski definition) is 1.